The fraction of sp³-hybridized carbons (Fsp3) is 0.643. The number of ketones is 1. The fourth-order valence-corrected chi connectivity index (χ4v) is 10.9. The summed E-state index contributed by atoms with van der Waals surface area (Å²) in [6, 6.07) is 3.51. The molecule has 3 aliphatic carbocycles. The van der Waals surface area contributed by atoms with E-state index in [4.69, 9.17) is 14.5 Å². The number of pyridine rings is 1. The van der Waals surface area contributed by atoms with Crippen molar-refractivity contribution in [2.75, 3.05) is 6.54 Å². The molecule has 3 saturated carbocycles. The van der Waals surface area contributed by atoms with Crippen molar-refractivity contribution >= 4 is 44.5 Å². The van der Waals surface area contributed by atoms with Crippen molar-refractivity contribution < 1.29 is 41.5 Å². The lowest BCUT2D eigenvalue weighted by molar-refractivity contribution is -0.154. The summed E-state index contributed by atoms with van der Waals surface area (Å²) in [7, 11) is -3.95. The largest absolute Gasteiger partial charge is 0.483 e. The highest BCUT2D eigenvalue weighted by atomic mass is 32.2. The van der Waals surface area contributed by atoms with E-state index in [0.29, 0.717) is 67.3 Å². The van der Waals surface area contributed by atoms with Crippen LogP contribution in [0.5, 0.6) is 5.75 Å². The molecule has 55 heavy (non-hydrogen) atoms. The van der Waals surface area contributed by atoms with Crippen LogP contribution in [0.4, 0.5) is 4.39 Å². The van der Waals surface area contributed by atoms with Crippen LogP contribution in [0.1, 0.15) is 121 Å². The lowest BCUT2D eigenvalue weighted by Gasteiger charge is -2.36. The number of aryl methyl sites for hydroxylation is 2. The zero-order valence-electron chi connectivity index (χ0n) is 31.9. The second-order valence-electron chi connectivity index (χ2n) is 17.5. The van der Waals surface area contributed by atoms with Gasteiger partial charge in [0.15, 0.2) is 5.78 Å². The molecule has 1 saturated heterocycles. The molecular formula is C42H52FN3O8S. The summed E-state index contributed by atoms with van der Waals surface area (Å²) in [5.41, 5.74) is -0.125. The molecule has 1 spiro atoms. The minimum absolute atomic E-state index is 0.0883. The van der Waals surface area contributed by atoms with Crippen LogP contribution in [-0.4, -0.2) is 70.9 Å². The average molecular weight is 778 g/mol. The highest BCUT2D eigenvalue weighted by molar-refractivity contribution is 7.91. The molecule has 296 valence electrons. The van der Waals surface area contributed by atoms with Gasteiger partial charge in [-0.1, -0.05) is 25.0 Å². The van der Waals surface area contributed by atoms with Gasteiger partial charge in [0.2, 0.25) is 21.8 Å². The van der Waals surface area contributed by atoms with Gasteiger partial charge in [-0.15, -0.1) is 0 Å². The first kappa shape index (κ1) is 38.0. The number of amides is 2. The fourth-order valence-electron chi connectivity index (χ4n) is 9.58. The molecule has 2 amide bonds. The summed E-state index contributed by atoms with van der Waals surface area (Å²) in [5.74, 6) is -2.62. The van der Waals surface area contributed by atoms with Crippen molar-refractivity contribution in [1.29, 1.82) is 0 Å². The lowest BCUT2D eigenvalue weighted by atomic mass is 9.85. The topological polar surface area (TPSA) is 149 Å². The van der Waals surface area contributed by atoms with Crippen LogP contribution in [0.3, 0.4) is 0 Å². The third kappa shape index (κ3) is 7.30. The molecule has 3 aliphatic heterocycles. The molecule has 4 heterocycles. The van der Waals surface area contributed by atoms with Crippen molar-refractivity contribution in [3.63, 3.8) is 0 Å². The van der Waals surface area contributed by atoms with Gasteiger partial charge in [-0.3, -0.25) is 23.9 Å². The van der Waals surface area contributed by atoms with E-state index in [9.17, 15) is 32.0 Å². The zero-order valence-corrected chi connectivity index (χ0v) is 32.7. The number of hydrogen-bond acceptors (Lipinski definition) is 9. The first-order valence-electron chi connectivity index (χ1n) is 20.3. The maximum absolute atomic E-state index is 14.8. The molecule has 4 fully saturated rings. The summed E-state index contributed by atoms with van der Waals surface area (Å²) in [6.45, 7) is 3.54. The standard InChI is InChI=1S/C42H52FN3O8S/c1-26-37-31(32-21-29(43)14-15-33(32)44-26)16-17-41(54-37)23-34-35(47)24-42(39(50)45-55(51,52)40(2)18-19-40)22-28(42)11-7-5-3-4-6-10-27(38(49)46(34)25-41)20-36(48)53-30-12-8-9-13-30/h7,11,14-15,21,27-28,30,34H,3-6,8-10,12-13,16-20,22-25H2,1-2H3,(H,45,50)/b11-7-/t27-,28-,34+,41-,42-/m1/s1. The second kappa shape index (κ2) is 14.3. The summed E-state index contributed by atoms with van der Waals surface area (Å²) >= 11 is 0. The molecule has 0 bridgehead atoms. The molecule has 5 atom stereocenters. The number of halogens is 1. The molecular weight excluding hydrogens is 726 g/mol. The van der Waals surface area contributed by atoms with Crippen LogP contribution in [0, 0.1) is 30.0 Å². The lowest BCUT2D eigenvalue weighted by Crippen LogP contribution is -2.48. The van der Waals surface area contributed by atoms with Crippen LogP contribution in [-0.2, 0) is 40.4 Å². The van der Waals surface area contributed by atoms with E-state index in [1.807, 2.05) is 19.1 Å². The van der Waals surface area contributed by atoms with Crippen molar-refractivity contribution in [3.05, 3.63) is 47.4 Å². The summed E-state index contributed by atoms with van der Waals surface area (Å²) in [5, 5.41) is 0.659. The molecule has 11 nitrogen and oxygen atoms in total. The molecule has 1 aromatic carbocycles. The van der Waals surface area contributed by atoms with Crippen molar-refractivity contribution in [2.24, 2.45) is 17.3 Å². The van der Waals surface area contributed by atoms with Gasteiger partial charge in [-0.05, 0) is 115 Å². The minimum Gasteiger partial charge on any atom is -0.483 e. The van der Waals surface area contributed by atoms with E-state index < -0.39 is 49.6 Å². The van der Waals surface area contributed by atoms with Crippen molar-refractivity contribution in [2.45, 2.75) is 145 Å². The Balaban J connectivity index is 1.12. The number of hydrogen-bond donors (Lipinski definition) is 1. The Hall–Kier alpha value is -3.87. The molecule has 0 unspecified atom stereocenters. The van der Waals surface area contributed by atoms with Crippen molar-refractivity contribution in [3.8, 4) is 5.75 Å². The predicted molar refractivity (Wildman–Crippen MR) is 202 cm³/mol. The number of ether oxygens (including phenoxy) is 2. The minimum atomic E-state index is -3.95. The van der Waals surface area contributed by atoms with Crippen LogP contribution in [0.2, 0.25) is 0 Å². The molecule has 13 heteroatoms. The van der Waals surface area contributed by atoms with E-state index in [1.165, 1.54) is 12.1 Å². The highest BCUT2D eigenvalue weighted by Gasteiger charge is 2.63. The van der Waals surface area contributed by atoms with Gasteiger partial charge in [0.25, 0.3) is 0 Å². The molecule has 0 radical (unpaired) electrons. The van der Waals surface area contributed by atoms with Crippen molar-refractivity contribution in [1.82, 2.24) is 14.6 Å². The first-order chi connectivity index (χ1) is 26.2. The molecule has 1 aromatic heterocycles. The maximum atomic E-state index is 14.8. The number of Topliss-reactive ketones (excluding diaryl/α,β-unsaturated/α-hetero) is 1. The Morgan fingerprint density at radius 1 is 1.05 bits per heavy atom. The number of benzene rings is 1. The number of rotatable bonds is 6. The summed E-state index contributed by atoms with van der Waals surface area (Å²) in [6.07, 6.45) is 13.1. The average Bonchev–Trinajstić information content (AvgIpc) is 3.94. The molecule has 6 aliphatic rings. The number of fused-ring (bicyclic) bond motifs is 5. The number of carbonyl (C=O) groups excluding carboxylic acids is 4. The van der Waals surface area contributed by atoms with E-state index in [2.05, 4.69) is 4.72 Å². The molecule has 8 rings (SSSR count). The summed E-state index contributed by atoms with van der Waals surface area (Å²) < 4.78 is 54.9. The number of allylic oxidation sites excluding steroid dienone is 2. The van der Waals surface area contributed by atoms with Crippen LogP contribution >= 0.6 is 0 Å². The summed E-state index contributed by atoms with van der Waals surface area (Å²) in [4.78, 5) is 63.2. The first-order valence-corrected chi connectivity index (χ1v) is 21.7. The van der Waals surface area contributed by atoms with E-state index in [1.54, 1.807) is 17.9 Å². The number of sulfonamides is 1. The Bertz CT molecular complexity index is 2060. The molecule has 1 N–H and O–H groups in total. The molecule has 2 aromatic rings. The van der Waals surface area contributed by atoms with E-state index in [-0.39, 0.29) is 55.3 Å². The van der Waals surface area contributed by atoms with Gasteiger partial charge >= 0.3 is 5.97 Å². The van der Waals surface area contributed by atoms with Crippen LogP contribution < -0.4 is 9.46 Å². The SMILES string of the molecule is Cc1nc2ccc(F)cc2c2c1O[C@]1(CC2)C[C@H]2C(=O)C[C@]3(C(=O)NS(=O)(=O)C4(C)CC4)C[C@H]3/C=C\CCCCC[C@H](CC(=O)OC3CCCC3)C(=O)N2C1. The van der Waals surface area contributed by atoms with Gasteiger partial charge in [-0.25, -0.2) is 17.8 Å². The Morgan fingerprint density at radius 2 is 1.82 bits per heavy atom. The van der Waals surface area contributed by atoms with Gasteiger partial charge < -0.3 is 14.4 Å². The quantitative estimate of drug-likeness (QED) is 0.263. The van der Waals surface area contributed by atoms with Crippen LogP contribution in [0.15, 0.2) is 30.4 Å². The van der Waals surface area contributed by atoms with Gasteiger partial charge in [0.05, 0.1) is 40.4 Å². The normalized spacial score (nSPS) is 31.4. The monoisotopic (exact) mass is 777 g/mol. The second-order valence-corrected chi connectivity index (χ2v) is 19.7. The van der Waals surface area contributed by atoms with E-state index >= 15 is 0 Å². The van der Waals surface area contributed by atoms with Gasteiger partial charge in [0.1, 0.15) is 23.3 Å². The third-order valence-corrected chi connectivity index (χ3v) is 15.6. The predicted octanol–water partition coefficient (Wildman–Crippen LogP) is 6.32. The Morgan fingerprint density at radius 3 is 2.58 bits per heavy atom. The number of carbonyl (C=O) groups is 4. The number of nitrogens with zero attached hydrogens (tertiary/aromatic N) is 2. The Labute approximate surface area is 322 Å². The maximum Gasteiger partial charge on any atom is 0.306 e. The highest BCUT2D eigenvalue weighted by Crippen LogP contribution is 2.58. The smallest absolute Gasteiger partial charge is 0.306 e. The van der Waals surface area contributed by atoms with E-state index in [0.717, 1.165) is 50.5 Å². The van der Waals surface area contributed by atoms with Crippen LogP contribution in [0.25, 0.3) is 10.9 Å². The Kier molecular flexibility index (Phi) is 9.86. The number of esters is 1. The third-order valence-electron chi connectivity index (χ3n) is 13.4. The number of nitrogens with one attached hydrogen (secondary N) is 1. The van der Waals surface area contributed by atoms with Gasteiger partial charge in [-0.2, -0.15) is 0 Å². The number of aromatic nitrogens is 1. The zero-order chi connectivity index (χ0) is 38.8. The van der Waals surface area contributed by atoms with Gasteiger partial charge in [0, 0.05) is 29.7 Å².